The van der Waals surface area contributed by atoms with E-state index in [4.69, 9.17) is 13.8 Å². The molecule has 14 heteroatoms. The van der Waals surface area contributed by atoms with E-state index in [-0.39, 0.29) is 12.2 Å². The molecule has 1 aromatic heterocycles. The van der Waals surface area contributed by atoms with Crippen LogP contribution in [0.2, 0.25) is 0 Å². The van der Waals surface area contributed by atoms with Crippen molar-refractivity contribution >= 4 is 24.5 Å². The first-order chi connectivity index (χ1) is 17.1. The number of hydrogen-bond donors (Lipinski definition) is 3. The summed E-state index contributed by atoms with van der Waals surface area (Å²) in [5.41, 5.74) is -2.19. The van der Waals surface area contributed by atoms with E-state index in [1.807, 2.05) is 18.2 Å². The third-order valence-electron chi connectivity index (χ3n) is 5.40. The molecular weight excluding hydrogens is 500 g/mol. The fourth-order valence-electron chi connectivity index (χ4n) is 3.65. The number of fused-ring (bicyclic) bond motifs is 1. The lowest BCUT2D eigenvalue weighted by Gasteiger charge is -2.26. The van der Waals surface area contributed by atoms with Crippen LogP contribution in [0, 0.1) is 5.82 Å². The number of carbonyl (C=O) groups excluding carboxylic acids is 1. The molecule has 1 fully saturated rings. The van der Waals surface area contributed by atoms with Crippen LogP contribution in [0.3, 0.4) is 0 Å². The summed E-state index contributed by atoms with van der Waals surface area (Å²) in [6.07, 6.45) is -3.94. The number of methoxy groups -OCH3 is 1. The van der Waals surface area contributed by atoms with Crippen molar-refractivity contribution in [1.82, 2.24) is 14.6 Å². The molecule has 36 heavy (non-hydrogen) atoms. The lowest BCUT2D eigenvalue weighted by molar-refractivity contribution is -0.143. The Balaban J connectivity index is 1.63. The van der Waals surface area contributed by atoms with Crippen LogP contribution in [-0.4, -0.2) is 46.2 Å². The second kappa shape index (κ2) is 10.3. The van der Waals surface area contributed by atoms with Crippen molar-refractivity contribution in [2.24, 2.45) is 0 Å². The van der Waals surface area contributed by atoms with Crippen molar-refractivity contribution in [3.63, 3.8) is 0 Å². The molecule has 1 saturated heterocycles. The van der Waals surface area contributed by atoms with Crippen molar-refractivity contribution < 1.29 is 37.4 Å². The summed E-state index contributed by atoms with van der Waals surface area (Å²) in [5.74, 6) is -1.85. The quantitative estimate of drug-likeness (QED) is 0.294. The number of ether oxygens (including phenoxy) is 2. The molecule has 4 rings (SSSR count). The van der Waals surface area contributed by atoms with Crippen molar-refractivity contribution in [1.29, 1.82) is 0 Å². The number of aromatic amines is 1. The van der Waals surface area contributed by atoms with Crippen LogP contribution < -0.4 is 20.9 Å². The van der Waals surface area contributed by atoms with Crippen LogP contribution in [0.15, 0.2) is 58.3 Å². The third kappa shape index (κ3) is 5.40. The molecule has 0 amide bonds. The maximum absolute atomic E-state index is 13.8. The molecule has 1 aliphatic rings. The number of hydrogen-bond acceptors (Lipinski definition) is 9. The number of carbonyl (C=O) groups is 1. The molecule has 12 nitrogen and oxygen atoms in total. The zero-order chi connectivity index (χ0) is 26.0. The van der Waals surface area contributed by atoms with Crippen LogP contribution in [0.4, 0.5) is 4.39 Å². The van der Waals surface area contributed by atoms with Gasteiger partial charge in [0.05, 0.1) is 13.3 Å². The maximum atomic E-state index is 13.8. The lowest BCUT2D eigenvalue weighted by Crippen LogP contribution is -2.37. The van der Waals surface area contributed by atoms with E-state index >= 15 is 0 Å². The molecule has 3 N–H and O–H groups in total. The lowest BCUT2D eigenvalue weighted by atomic mass is 10.1. The van der Waals surface area contributed by atoms with Gasteiger partial charge in [-0.2, -0.15) is 9.48 Å². The van der Waals surface area contributed by atoms with Gasteiger partial charge >= 0.3 is 19.4 Å². The Bertz CT molecular complexity index is 1440. The van der Waals surface area contributed by atoms with Crippen molar-refractivity contribution in [2.45, 2.75) is 38.0 Å². The Kier molecular flexibility index (Phi) is 7.38. The molecule has 0 spiro atoms. The highest BCUT2D eigenvalue weighted by Gasteiger charge is 2.44. The number of rotatable bonds is 8. The van der Waals surface area contributed by atoms with E-state index in [1.54, 1.807) is 29.2 Å². The highest BCUT2D eigenvalue weighted by Crippen LogP contribution is 2.50. The second-order valence-electron chi connectivity index (χ2n) is 7.95. The molecule has 3 aromatic rings. The largest absolute Gasteiger partial charge is 0.468 e. The Morgan fingerprint density at radius 1 is 1.28 bits per heavy atom. The maximum Gasteiger partial charge on any atom is 0.461 e. The van der Waals surface area contributed by atoms with E-state index in [0.29, 0.717) is 11.6 Å². The van der Waals surface area contributed by atoms with E-state index in [1.165, 1.54) is 6.92 Å². The number of H-pyrrole nitrogens is 1. The number of aliphatic hydroxyl groups is 1. The Morgan fingerprint density at radius 2 is 2.00 bits per heavy atom. The van der Waals surface area contributed by atoms with Gasteiger partial charge in [-0.1, -0.05) is 36.4 Å². The second-order valence-corrected chi connectivity index (χ2v) is 9.60. The standard InChI is InChI=1S/C22H23FN3O9P/c1-12(20(29)32-2)25-36(31,34-17-9-5-7-13-6-3-4-8-14(13)17)35-21-16(27)10-18(33-21)26-11-15(23)19(28)24-22(26)30/h3-9,11-12,16,18,21,27H,10H2,1-2H3,(H,25,31)(H,24,28,30)/t12-,16+,18+,21?,36?/m0/s1. The summed E-state index contributed by atoms with van der Waals surface area (Å²) in [5, 5.41) is 14.3. The predicted molar refractivity (Wildman–Crippen MR) is 124 cm³/mol. The molecule has 2 heterocycles. The Hall–Kier alpha value is -3.35. The highest BCUT2D eigenvalue weighted by atomic mass is 31.2. The van der Waals surface area contributed by atoms with Gasteiger partial charge in [0.25, 0.3) is 5.56 Å². The number of nitrogens with one attached hydrogen (secondary N) is 2. The molecule has 0 aliphatic carbocycles. The number of aromatic nitrogens is 2. The van der Waals surface area contributed by atoms with Gasteiger partial charge < -0.3 is 19.1 Å². The van der Waals surface area contributed by atoms with Gasteiger partial charge in [0.1, 0.15) is 24.1 Å². The summed E-state index contributed by atoms with van der Waals surface area (Å²) in [4.78, 5) is 37.2. The van der Waals surface area contributed by atoms with Crippen LogP contribution in [-0.2, 0) is 23.4 Å². The summed E-state index contributed by atoms with van der Waals surface area (Å²) in [6, 6.07) is 11.0. The van der Waals surface area contributed by atoms with Crippen LogP contribution in [0.5, 0.6) is 5.75 Å². The van der Waals surface area contributed by atoms with Gasteiger partial charge in [-0.05, 0) is 18.4 Å². The average Bonchev–Trinajstić information content (AvgIpc) is 3.20. The average molecular weight is 523 g/mol. The van der Waals surface area contributed by atoms with Crippen molar-refractivity contribution in [3.05, 3.63) is 75.3 Å². The predicted octanol–water partition coefficient (Wildman–Crippen LogP) is 1.79. The first kappa shape index (κ1) is 25.7. The molecule has 0 bridgehead atoms. The fourth-order valence-corrected chi connectivity index (χ4v) is 5.27. The smallest absolute Gasteiger partial charge is 0.461 e. The molecule has 192 valence electrons. The normalized spacial score (nSPS) is 22.2. The minimum Gasteiger partial charge on any atom is -0.468 e. The van der Waals surface area contributed by atoms with Crippen LogP contribution >= 0.6 is 7.75 Å². The summed E-state index contributed by atoms with van der Waals surface area (Å²) in [7, 11) is -3.31. The SMILES string of the molecule is COC(=O)[C@H](C)NP(=O)(Oc1cccc2ccccc12)OC1O[C@@H](n2cc(F)c(=O)[nH]c2=O)C[C@H]1O. The number of nitrogens with zero attached hydrogens (tertiary/aromatic N) is 1. The zero-order valence-electron chi connectivity index (χ0n) is 19.1. The minimum atomic E-state index is -4.46. The Morgan fingerprint density at radius 3 is 2.75 bits per heavy atom. The number of halogens is 1. The highest BCUT2D eigenvalue weighted by molar-refractivity contribution is 7.52. The van der Waals surface area contributed by atoms with Gasteiger partial charge in [-0.25, -0.2) is 9.36 Å². The molecule has 5 atom stereocenters. The first-order valence-corrected chi connectivity index (χ1v) is 12.3. The zero-order valence-corrected chi connectivity index (χ0v) is 20.0. The topological polar surface area (TPSA) is 158 Å². The molecular formula is C22H23FN3O9P. The van der Waals surface area contributed by atoms with Crippen molar-refractivity contribution in [3.8, 4) is 5.75 Å². The van der Waals surface area contributed by atoms with Crippen LogP contribution in [0.1, 0.15) is 19.6 Å². The minimum absolute atomic E-state index is 0.156. The van der Waals surface area contributed by atoms with Gasteiger partial charge in [-0.3, -0.25) is 23.7 Å². The summed E-state index contributed by atoms with van der Waals surface area (Å²) in [6.45, 7) is 1.37. The third-order valence-corrected chi connectivity index (χ3v) is 7.03. The van der Waals surface area contributed by atoms with Gasteiger partial charge in [0.2, 0.25) is 5.82 Å². The van der Waals surface area contributed by atoms with Gasteiger partial charge in [0, 0.05) is 11.8 Å². The van der Waals surface area contributed by atoms with E-state index in [2.05, 4.69) is 9.82 Å². The van der Waals surface area contributed by atoms with Crippen LogP contribution in [0.25, 0.3) is 10.8 Å². The summed E-state index contributed by atoms with van der Waals surface area (Å²) < 4.78 is 49.7. The number of esters is 1. The number of aliphatic hydroxyl groups excluding tert-OH is 1. The van der Waals surface area contributed by atoms with Crippen molar-refractivity contribution in [2.75, 3.05) is 7.11 Å². The molecule has 1 aliphatic heterocycles. The van der Waals surface area contributed by atoms with E-state index in [9.17, 15) is 28.4 Å². The first-order valence-electron chi connectivity index (χ1n) is 10.8. The Labute approximate surface area is 203 Å². The van der Waals surface area contributed by atoms with Gasteiger partial charge in [0.15, 0.2) is 6.29 Å². The number of benzene rings is 2. The molecule has 2 aromatic carbocycles. The molecule has 0 radical (unpaired) electrons. The monoisotopic (exact) mass is 523 g/mol. The van der Waals surface area contributed by atoms with Gasteiger partial charge in [-0.15, -0.1) is 0 Å². The molecule has 0 saturated carbocycles. The summed E-state index contributed by atoms with van der Waals surface area (Å²) >= 11 is 0. The fraction of sp³-hybridized carbons (Fsp3) is 0.318. The van der Waals surface area contributed by atoms with E-state index < -0.39 is 55.4 Å². The molecule has 2 unspecified atom stereocenters. The van der Waals surface area contributed by atoms with E-state index in [0.717, 1.165) is 17.1 Å².